The van der Waals surface area contributed by atoms with Gasteiger partial charge in [0.15, 0.2) is 0 Å². The Kier molecular flexibility index (Phi) is 4.94. The highest BCUT2D eigenvalue weighted by Crippen LogP contribution is 2.24. The normalized spacial score (nSPS) is 29.2. The smallest absolute Gasteiger partial charge is 0.222 e. The summed E-state index contributed by atoms with van der Waals surface area (Å²) in [6.07, 6.45) is 9.85. The summed E-state index contributed by atoms with van der Waals surface area (Å²) in [5.74, 6) is 0.379. The van der Waals surface area contributed by atoms with Crippen LogP contribution in [0.5, 0.6) is 0 Å². The number of amides is 1. The zero-order valence-corrected chi connectivity index (χ0v) is 12.6. The number of piperazine rings is 1. The van der Waals surface area contributed by atoms with Crippen LogP contribution in [0.15, 0.2) is 0 Å². The second kappa shape index (κ2) is 6.90. The van der Waals surface area contributed by atoms with Crippen molar-refractivity contribution in [1.82, 2.24) is 15.1 Å². The van der Waals surface area contributed by atoms with E-state index in [0.29, 0.717) is 11.9 Å². The number of nitrogens with one attached hydrogen (secondary N) is 1. The minimum absolute atomic E-state index is 0.379. The topological polar surface area (TPSA) is 35.6 Å². The molecule has 4 heteroatoms. The van der Waals surface area contributed by atoms with E-state index in [2.05, 4.69) is 15.1 Å². The van der Waals surface area contributed by atoms with Gasteiger partial charge in [-0.05, 0) is 38.6 Å². The van der Waals surface area contributed by atoms with Crippen molar-refractivity contribution in [3.8, 4) is 0 Å². The number of nitrogens with zero attached hydrogens (tertiary/aromatic N) is 2. The van der Waals surface area contributed by atoms with Crippen molar-refractivity contribution in [3.05, 3.63) is 0 Å². The van der Waals surface area contributed by atoms with Gasteiger partial charge in [-0.15, -0.1) is 0 Å². The Labute approximate surface area is 122 Å². The van der Waals surface area contributed by atoms with Gasteiger partial charge in [0, 0.05) is 44.7 Å². The predicted octanol–water partition coefficient (Wildman–Crippen LogP) is 1.61. The second-order valence-corrected chi connectivity index (χ2v) is 6.69. The molecule has 0 radical (unpaired) electrons. The third-order valence-electron chi connectivity index (χ3n) is 5.38. The van der Waals surface area contributed by atoms with E-state index in [0.717, 1.165) is 51.6 Å². The lowest BCUT2D eigenvalue weighted by molar-refractivity contribution is -0.133. The fraction of sp³-hybridized carbons (Fsp3) is 0.938. The van der Waals surface area contributed by atoms with E-state index in [1.807, 2.05) is 0 Å². The molecule has 3 fully saturated rings. The number of carbonyl (C=O) groups excluding carboxylic acids is 1. The minimum Gasteiger partial charge on any atom is -0.340 e. The van der Waals surface area contributed by atoms with Crippen molar-refractivity contribution in [2.24, 2.45) is 0 Å². The molecule has 3 rings (SSSR count). The molecule has 1 atom stereocenters. The molecule has 0 aromatic heterocycles. The van der Waals surface area contributed by atoms with Gasteiger partial charge in [-0.25, -0.2) is 0 Å². The summed E-state index contributed by atoms with van der Waals surface area (Å²) in [6.45, 7) is 5.23. The molecule has 4 nitrogen and oxygen atoms in total. The van der Waals surface area contributed by atoms with Crippen LogP contribution in [-0.2, 0) is 4.79 Å². The van der Waals surface area contributed by atoms with Gasteiger partial charge in [-0.3, -0.25) is 9.69 Å². The highest BCUT2D eigenvalue weighted by molar-refractivity contribution is 5.76. The summed E-state index contributed by atoms with van der Waals surface area (Å²) >= 11 is 0. The van der Waals surface area contributed by atoms with Gasteiger partial charge in [-0.1, -0.05) is 12.8 Å². The van der Waals surface area contributed by atoms with Crippen molar-refractivity contribution in [1.29, 1.82) is 0 Å². The number of hydrogen-bond donors (Lipinski definition) is 1. The third-order valence-corrected chi connectivity index (χ3v) is 5.38. The highest BCUT2D eigenvalue weighted by atomic mass is 16.2. The van der Waals surface area contributed by atoms with E-state index >= 15 is 0 Å². The predicted molar refractivity (Wildman–Crippen MR) is 80.7 cm³/mol. The summed E-state index contributed by atoms with van der Waals surface area (Å²) in [5, 5.41) is 3.48. The molecule has 0 aromatic carbocycles. The van der Waals surface area contributed by atoms with E-state index in [-0.39, 0.29) is 0 Å². The molecule has 1 saturated carbocycles. The zero-order chi connectivity index (χ0) is 13.8. The third kappa shape index (κ3) is 3.53. The molecule has 1 amide bonds. The molecule has 1 unspecified atom stereocenters. The van der Waals surface area contributed by atoms with E-state index in [9.17, 15) is 4.79 Å². The molecule has 2 aliphatic heterocycles. The van der Waals surface area contributed by atoms with Crippen LogP contribution in [0, 0.1) is 0 Å². The maximum absolute atomic E-state index is 12.3. The number of carbonyl (C=O) groups is 1. The van der Waals surface area contributed by atoms with Gasteiger partial charge in [0.1, 0.15) is 0 Å². The summed E-state index contributed by atoms with van der Waals surface area (Å²) < 4.78 is 0. The molecule has 0 bridgehead atoms. The quantitative estimate of drug-likeness (QED) is 0.849. The average molecular weight is 279 g/mol. The molecule has 1 aliphatic carbocycles. The maximum Gasteiger partial charge on any atom is 0.222 e. The van der Waals surface area contributed by atoms with Gasteiger partial charge in [0.25, 0.3) is 0 Å². The van der Waals surface area contributed by atoms with Crippen LogP contribution in [-0.4, -0.2) is 60.5 Å². The van der Waals surface area contributed by atoms with Crippen LogP contribution >= 0.6 is 0 Å². The first kappa shape index (κ1) is 14.3. The Bertz CT molecular complexity index is 314. The fourth-order valence-electron chi connectivity index (χ4n) is 4.06. The lowest BCUT2D eigenvalue weighted by atomic mass is 10.1. The van der Waals surface area contributed by atoms with E-state index in [1.54, 1.807) is 0 Å². The molecule has 0 aromatic rings. The standard InChI is InChI=1S/C16H29N3O/c20-16(8-7-14-4-3-9-17-14)19-12-10-18(11-13-19)15-5-1-2-6-15/h14-15,17H,1-13H2. The van der Waals surface area contributed by atoms with Crippen molar-refractivity contribution in [2.75, 3.05) is 32.7 Å². The van der Waals surface area contributed by atoms with Gasteiger partial charge in [0.2, 0.25) is 5.91 Å². The summed E-state index contributed by atoms with van der Waals surface area (Å²) in [4.78, 5) is 17.0. The van der Waals surface area contributed by atoms with Crippen LogP contribution in [0.1, 0.15) is 51.4 Å². The molecular weight excluding hydrogens is 250 g/mol. The van der Waals surface area contributed by atoms with Crippen molar-refractivity contribution >= 4 is 5.91 Å². The van der Waals surface area contributed by atoms with Crippen LogP contribution in [0.25, 0.3) is 0 Å². The number of hydrogen-bond acceptors (Lipinski definition) is 3. The van der Waals surface area contributed by atoms with E-state index in [4.69, 9.17) is 0 Å². The van der Waals surface area contributed by atoms with Crippen molar-refractivity contribution in [2.45, 2.75) is 63.5 Å². The van der Waals surface area contributed by atoms with Crippen LogP contribution in [0.3, 0.4) is 0 Å². The van der Waals surface area contributed by atoms with Gasteiger partial charge in [0.05, 0.1) is 0 Å². The van der Waals surface area contributed by atoms with Crippen LogP contribution in [0.2, 0.25) is 0 Å². The molecule has 2 heterocycles. The summed E-state index contributed by atoms with van der Waals surface area (Å²) in [5.41, 5.74) is 0. The molecule has 3 aliphatic rings. The largest absolute Gasteiger partial charge is 0.340 e. The Morgan fingerprint density at radius 1 is 1.00 bits per heavy atom. The SMILES string of the molecule is O=C(CCC1CCCN1)N1CCN(C2CCCC2)CC1. The highest BCUT2D eigenvalue weighted by Gasteiger charge is 2.28. The minimum atomic E-state index is 0.379. The zero-order valence-electron chi connectivity index (χ0n) is 12.6. The molecule has 0 spiro atoms. The van der Waals surface area contributed by atoms with Crippen LogP contribution in [0.4, 0.5) is 0 Å². The number of rotatable bonds is 4. The van der Waals surface area contributed by atoms with Crippen molar-refractivity contribution in [3.63, 3.8) is 0 Å². The Hall–Kier alpha value is -0.610. The van der Waals surface area contributed by atoms with E-state index in [1.165, 1.54) is 38.5 Å². The van der Waals surface area contributed by atoms with Crippen molar-refractivity contribution < 1.29 is 4.79 Å². The summed E-state index contributed by atoms with van der Waals surface area (Å²) in [7, 11) is 0. The summed E-state index contributed by atoms with van der Waals surface area (Å²) in [6, 6.07) is 1.41. The molecule has 114 valence electrons. The van der Waals surface area contributed by atoms with Crippen LogP contribution < -0.4 is 5.32 Å². The second-order valence-electron chi connectivity index (χ2n) is 6.69. The Morgan fingerprint density at radius 2 is 1.75 bits per heavy atom. The first-order valence-corrected chi connectivity index (χ1v) is 8.58. The average Bonchev–Trinajstić information content (AvgIpc) is 3.18. The lowest BCUT2D eigenvalue weighted by Crippen LogP contribution is -2.51. The lowest BCUT2D eigenvalue weighted by Gasteiger charge is -2.38. The Balaban J connectivity index is 1.37. The molecule has 2 saturated heterocycles. The monoisotopic (exact) mass is 279 g/mol. The first-order valence-electron chi connectivity index (χ1n) is 8.58. The molecular formula is C16H29N3O. The van der Waals surface area contributed by atoms with Gasteiger partial charge >= 0.3 is 0 Å². The fourth-order valence-corrected chi connectivity index (χ4v) is 4.06. The molecule has 20 heavy (non-hydrogen) atoms. The first-order chi connectivity index (χ1) is 9.83. The van der Waals surface area contributed by atoms with E-state index < -0.39 is 0 Å². The molecule has 1 N–H and O–H groups in total. The van der Waals surface area contributed by atoms with Gasteiger partial charge in [-0.2, -0.15) is 0 Å². The Morgan fingerprint density at radius 3 is 2.40 bits per heavy atom. The van der Waals surface area contributed by atoms with Gasteiger partial charge < -0.3 is 10.2 Å². The maximum atomic E-state index is 12.3.